The van der Waals surface area contributed by atoms with E-state index in [1.807, 2.05) is 18.2 Å². The average Bonchev–Trinajstić information content (AvgIpc) is 2.97. The smallest absolute Gasteiger partial charge is 0.111 e. The summed E-state index contributed by atoms with van der Waals surface area (Å²) < 4.78 is 2.31. The van der Waals surface area contributed by atoms with Gasteiger partial charge in [0.15, 0.2) is 0 Å². The molecule has 0 N–H and O–H groups in total. The maximum Gasteiger partial charge on any atom is 0.111 e. The summed E-state index contributed by atoms with van der Waals surface area (Å²) in [5, 5.41) is 0.793. The van der Waals surface area contributed by atoms with Crippen molar-refractivity contribution in [1.82, 2.24) is 9.55 Å². The average molecular weight is 311 g/mol. The highest BCUT2D eigenvalue weighted by Crippen LogP contribution is 2.34. The van der Waals surface area contributed by atoms with Crippen LogP contribution in [-0.4, -0.2) is 15.4 Å². The quantitative estimate of drug-likeness (QED) is 0.734. The molecule has 4 heteroatoms. The summed E-state index contributed by atoms with van der Waals surface area (Å²) in [6, 6.07) is 5.95. The van der Waals surface area contributed by atoms with Gasteiger partial charge in [-0.05, 0) is 30.4 Å². The minimum absolute atomic E-state index is 0.598. The molecule has 1 aliphatic rings. The molecule has 0 radical (unpaired) electrons. The van der Waals surface area contributed by atoms with Crippen LogP contribution in [0.5, 0.6) is 0 Å². The Morgan fingerprint density at radius 1 is 1.35 bits per heavy atom. The summed E-state index contributed by atoms with van der Waals surface area (Å²) in [5.74, 6) is 3.19. The van der Waals surface area contributed by atoms with Crippen LogP contribution >= 0.6 is 23.2 Å². The molecular weight excluding hydrogens is 291 g/mol. The number of nitrogens with zero attached hydrogens (tertiary/aromatic N) is 2. The predicted molar refractivity (Wildman–Crippen MR) is 85.7 cm³/mol. The summed E-state index contributed by atoms with van der Waals surface area (Å²) in [4.78, 5) is 4.72. The van der Waals surface area contributed by atoms with E-state index < -0.39 is 0 Å². The first kappa shape index (κ1) is 14.2. The standard InChI is InChI=1S/C16H20Cl2N2/c1-11-4-2-5-12(11)10-20-15(8-9-17)19-14-7-3-6-13(18)16(14)20/h3,6-7,11-12H,2,4-5,8-10H2,1H3. The van der Waals surface area contributed by atoms with E-state index in [-0.39, 0.29) is 0 Å². The van der Waals surface area contributed by atoms with Gasteiger partial charge in [-0.1, -0.05) is 37.4 Å². The first-order valence-corrected chi connectivity index (χ1v) is 8.31. The molecule has 0 amide bonds. The van der Waals surface area contributed by atoms with Gasteiger partial charge in [-0.2, -0.15) is 0 Å². The lowest BCUT2D eigenvalue weighted by Crippen LogP contribution is -2.15. The number of aryl methyl sites for hydroxylation is 1. The number of hydrogen-bond donors (Lipinski definition) is 0. The first-order valence-electron chi connectivity index (χ1n) is 7.40. The van der Waals surface area contributed by atoms with Crippen LogP contribution in [0, 0.1) is 11.8 Å². The number of para-hydroxylation sites is 1. The molecule has 0 bridgehead atoms. The Bertz CT molecular complexity index is 606. The zero-order valence-electron chi connectivity index (χ0n) is 11.8. The molecule has 1 saturated carbocycles. The maximum absolute atomic E-state index is 6.40. The van der Waals surface area contributed by atoms with Crippen molar-refractivity contribution in [1.29, 1.82) is 0 Å². The molecular formula is C16H20Cl2N2. The molecule has 2 aromatic rings. The number of fused-ring (bicyclic) bond motifs is 1. The van der Waals surface area contributed by atoms with E-state index in [2.05, 4.69) is 11.5 Å². The molecule has 2 atom stereocenters. The lowest BCUT2D eigenvalue weighted by Gasteiger charge is -2.18. The van der Waals surface area contributed by atoms with E-state index in [0.717, 1.165) is 46.7 Å². The van der Waals surface area contributed by atoms with Crippen molar-refractivity contribution in [2.24, 2.45) is 11.8 Å². The normalized spacial score (nSPS) is 22.8. The lowest BCUT2D eigenvalue weighted by atomic mass is 9.98. The van der Waals surface area contributed by atoms with E-state index in [9.17, 15) is 0 Å². The second-order valence-electron chi connectivity index (χ2n) is 5.85. The van der Waals surface area contributed by atoms with E-state index in [1.165, 1.54) is 19.3 Å². The minimum atomic E-state index is 0.598. The van der Waals surface area contributed by atoms with Crippen LogP contribution in [0.25, 0.3) is 11.0 Å². The van der Waals surface area contributed by atoms with Crippen LogP contribution < -0.4 is 0 Å². The van der Waals surface area contributed by atoms with Crippen LogP contribution in [0.2, 0.25) is 5.02 Å². The van der Waals surface area contributed by atoms with Crippen LogP contribution in [0.4, 0.5) is 0 Å². The van der Waals surface area contributed by atoms with Gasteiger partial charge in [0, 0.05) is 18.8 Å². The molecule has 2 nitrogen and oxygen atoms in total. The van der Waals surface area contributed by atoms with E-state index >= 15 is 0 Å². The van der Waals surface area contributed by atoms with Crippen molar-refractivity contribution in [3.8, 4) is 0 Å². The van der Waals surface area contributed by atoms with E-state index in [0.29, 0.717) is 5.88 Å². The molecule has 0 saturated heterocycles. The van der Waals surface area contributed by atoms with Gasteiger partial charge < -0.3 is 4.57 Å². The van der Waals surface area contributed by atoms with Crippen LogP contribution in [0.1, 0.15) is 32.0 Å². The van der Waals surface area contributed by atoms with Gasteiger partial charge in [0.2, 0.25) is 0 Å². The Balaban J connectivity index is 2.03. The number of benzene rings is 1. The summed E-state index contributed by atoms with van der Waals surface area (Å²) in [7, 11) is 0. The molecule has 1 aromatic heterocycles. The highest BCUT2D eigenvalue weighted by atomic mass is 35.5. The van der Waals surface area contributed by atoms with Gasteiger partial charge in [-0.25, -0.2) is 4.98 Å². The molecule has 1 aliphatic carbocycles. The molecule has 1 heterocycles. The Kier molecular flexibility index (Phi) is 4.23. The summed E-state index contributed by atoms with van der Waals surface area (Å²) in [6.45, 7) is 3.38. The molecule has 0 aliphatic heterocycles. The van der Waals surface area contributed by atoms with E-state index in [1.54, 1.807) is 0 Å². The zero-order chi connectivity index (χ0) is 14.1. The Hall–Kier alpha value is -0.730. The molecule has 3 rings (SSSR count). The first-order chi connectivity index (χ1) is 9.70. The highest BCUT2D eigenvalue weighted by Gasteiger charge is 2.25. The maximum atomic E-state index is 6.40. The fraction of sp³-hybridized carbons (Fsp3) is 0.562. The zero-order valence-corrected chi connectivity index (χ0v) is 13.3. The fourth-order valence-corrected chi connectivity index (χ4v) is 3.83. The molecule has 2 unspecified atom stereocenters. The van der Waals surface area contributed by atoms with Crippen LogP contribution in [-0.2, 0) is 13.0 Å². The van der Waals surface area contributed by atoms with Gasteiger partial charge >= 0.3 is 0 Å². The van der Waals surface area contributed by atoms with Gasteiger partial charge in [-0.15, -0.1) is 11.6 Å². The predicted octanol–water partition coefficient (Wildman–Crippen LogP) is 4.91. The summed E-state index contributed by atoms with van der Waals surface area (Å²) >= 11 is 12.3. The van der Waals surface area contributed by atoms with Gasteiger partial charge in [0.1, 0.15) is 5.82 Å². The molecule has 20 heavy (non-hydrogen) atoms. The summed E-state index contributed by atoms with van der Waals surface area (Å²) in [5.41, 5.74) is 2.07. The SMILES string of the molecule is CC1CCCC1Cn1c(CCCl)nc2cccc(Cl)c21. The van der Waals surface area contributed by atoms with Crippen molar-refractivity contribution in [3.63, 3.8) is 0 Å². The number of rotatable bonds is 4. The second kappa shape index (κ2) is 5.95. The lowest BCUT2D eigenvalue weighted by molar-refractivity contribution is 0.363. The molecule has 108 valence electrons. The van der Waals surface area contributed by atoms with Gasteiger partial charge in [-0.3, -0.25) is 0 Å². The topological polar surface area (TPSA) is 17.8 Å². The third kappa shape index (κ3) is 2.56. The third-order valence-corrected chi connectivity index (χ3v) is 5.06. The van der Waals surface area contributed by atoms with Gasteiger partial charge in [0.05, 0.1) is 16.1 Å². The Morgan fingerprint density at radius 2 is 2.20 bits per heavy atom. The number of imidazole rings is 1. The largest absolute Gasteiger partial charge is 0.326 e. The number of halogens is 2. The van der Waals surface area contributed by atoms with Crippen molar-refractivity contribution in [2.45, 2.75) is 39.2 Å². The molecule has 1 fully saturated rings. The monoisotopic (exact) mass is 310 g/mol. The Morgan fingerprint density at radius 3 is 2.90 bits per heavy atom. The van der Waals surface area contributed by atoms with Crippen molar-refractivity contribution >= 4 is 34.2 Å². The number of alkyl halides is 1. The van der Waals surface area contributed by atoms with E-state index in [4.69, 9.17) is 28.2 Å². The van der Waals surface area contributed by atoms with Crippen molar-refractivity contribution in [3.05, 3.63) is 29.0 Å². The van der Waals surface area contributed by atoms with Gasteiger partial charge in [0.25, 0.3) is 0 Å². The summed E-state index contributed by atoms with van der Waals surface area (Å²) in [6.07, 6.45) is 4.80. The van der Waals surface area contributed by atoms with Crippen LogP contribution in [0.3, 0.4) is 0 Å². The van der Waals surface area contributed by atoms with Crippen LogP contribution in [0.15, 0.2) is 18.2 Å². The Labute approximate surface area is 130 Å². The molecule has 1 aromatic carbocycles. The number of aromatic nitrogens is 2. The molecule has 0 spiro atoms. The van der Waals surface area contributed by atoms with Crippen molar-refractivity contribution < 1.29 is 0 Å². The highest BCUT2D eigenvalue weighted by molar-refractivity contribution is 6.35. The number of hydrogen-bond acceptors (Lipinski definition) is 1. The minimum Gasteiger partial charge on any atom is -0.326 e. The second-order valence-corrected chi connectivity index (χ2v) is 6.64. The third-order valence-electron chi connectivity index (χ3n) is 4.57. The fourth-order valence-electron chi connectivity index (χ4n) is 3.39. The van der Waals surface area contributed by atoms with Crippen molar-refractivity contribution in [2.75, 3.05) is 5.88 Å².